The van der Waals surface area contributed by atoms with Gasteiger partial charge in [0.2, 0.25) is 0 Å². The Morgan fingerprint density at radius 1 is 1.03 bits per heavy atom. The second-order valence-corrected chi connectivity index (χ2v) is 8.56. The van der Waals surface area contributed by atoms with Crippen LogP contribution in [0, 0.1) is 5.82 Å². The van der Waals surface area contributed by atoms with Gasteiger partial charge in [0.1, 0.15) is 0 Å². The zero-order valence-electron chi connectivity index (χ0n) is 18.6. The smallest absolute Gasteiger partial charge is 0.449 e. The Balaban J connectivity index is 1.76. The molecule has 3 aromatic carbocycles. The minimum Gasteiger partial charge on any atom is -0.449 e. The summed E-state index contributed by atoms with van der Waals surface area (Å²) < 4.78 is 61.4. The summed E-state index contributed by atoms with van der Waals surface area (Å²) in [5.74, 6) is -2.98. The lowest BCUT2D eigenvalue weighted by molar-refractivity contribution is -0.274. The molecule has 2 atom stereocenters. The van der Waals surface area contributed by atoms with Crippen molar-refractivity contribution in [3.8, 4) is 16.9 Å². The van der Waals surface area contributed by atoms with Gasteiger partial charge in [-0.05, 0) is 47.0 Å². The SMILES string of the molecule is CC(c1ccc(-c2ccc(F)c(OC(=O)O)c2)cc1Cl)C(O)(c1cnc2ccccc2c1)C(F)(F)F. The second kappa shape index (κ2) is 9.40. The van der Waals surface area contributed by atoms with Crippen molar-refractivity contribution in [2.45, 2.75) is 24.6 Å². The predicted octanol–water partition coefficient (Wildman–Crippen LogP) is 7.30. The van der Waals surface area contributed by atoms with Gasteiger partial charge >= 0.3 is 12.3 Å². The van der Waals surface area contributed by atoms with E-state index in [9.17, 15) is 27.5 Å². The topological polar surface area (TPSA) is 79.7 Å². The summed E-state index contributed by atoms with van der Waals surface area (Å²) in [6, 6.07) is 15.4. The quantitative estimate of drug-likeness (QED) is 0.164. The summed E-state index contributed by atoms with van der Waals surface area (Å²) >= 11 is 6.37. The number of rotatable bonds is 5. The molecule has 4 aromatic rings. The number of alkyl halides is 3. The Kier molecular flexibility index (Phi) is 6.64. The number of ether oxygens (including phenoxy) is 1. The van der Waals surface area contributed by atoms with Crippen LogP contribution in [0.2, 0.25) is 5.02 Å². The third-order valence-electron chi connectivity index (χ3n) is 6.02. The van der Waals surface area contributed by atoms with E-state index in [0.717, 1.165) is 18.3 Å². The summed E-state index contributed by atoms with van der Waals surface area (Å²) in [4.78, 5) is 14.8. The highest BCUT2D eigenvalue weighted by atomic mass is 35.5. The number of carbonyl (C=O) groups is 1. The molecule has 0 saturated carbocycles. The van der Waals surface area contributed by atoms with Crippen molar-refractivity contribution >= 4 is 28.7 Å². The molecule has 0 aliphatic heterocycles. The molecule has 0 aliphatic rings. The van der Waals surface area contributed by atoms with E-state index in [1.54, 1.807) is 24.3 Å². The number of para-hydroxylation sites is 1. The Hall–Kier alpha value is -3.69. The number of nitrogens with zero attached hydrogens (tertiary/aromatic N) is 1. The van der Waals surface area contributed by atoms with Gasteiger partial charge in [-0.2, -0.15) is 13.2 Å². The minimum atomic E-state index is -5.07. The Bertz CT molecular complexity index is 1460. The van der Waals surface area contributed by atoms with Crippen molar-refractivity contribution in [1.82, 2.24) is 4.98 Å². The van der Waals surface area contributed by atoms with Gasteiger partial charge in [-0.1, -0.05) is 54.9 Å². The van der Waals surface area contributed by atoms with Crippen LogP contribution in [0.4, 0.5) is 22.4 Å². The average Bonchev–Trinajstić information content (AvgIpc) is 2.83. The van der Waals surface area contributed by atoms with Crippen LogP contribution < -0.4 is 4.74 Å². The number of aromatic nitrogens is 1. The predicted molar refractivity (Wildman–Crippen MR) is 126 cm³/mol. The number of pyridine rings is 1. The Labute approximate surface area is 207 Å². The molecule has 2 N–H and O–H groups in total. The molecule has 0 amide bonds. The van der Waals surface area contributed by atoms with E-state index in [1.165, 1.54) is 37.3 Å². The number of benzene rings is 3. The molecule has 186 valence electrons. The molecule has 10 heteroatoms. The van der Waals surface area contributed by atoms with Crippen molar-refractivity contribution in [3.05, 3.63) is 94.9 Å². The number of aliphatic hydroxyl groups is 1. The van der Waals surface area contributed by atoms with Crippen LogP contribution in [0.25, 0.3) is 22.0 Å². The van der Waals surface area contributed by atoms with Crippen LogP contribution in [0.5, 0.6) is 5.75 Å². The van der Waals surface area contributed by atoms with E-state index >= 15 is 0 Å². The lowest BCUT2D eigenvalue weighted by Gasteiger charge is -2.37. The molecule has 4 rings (SSSR count). The van der Waals surface area contributed by atoms with E-state index in [-0.39, 0.29) is 10.6 Å². The highest BCUT2D eigenvalue weighted by Gasteiger charge is 2.59. The van der Waals surface area contributed by atoms with Crippen LogP contribution in [0.1, 0.15) is 24.0 Å². The van der Waals surface area contributed by atoms with Crippen LogP contribution >= 0.6 is 11.6 Å². The summed E-state index contributed by atoms with van der Waals surface area (Å²) in [6.45, 7) is 1.21. The fourth-order valence-corrected chi connectivity index (χ4v) is 4.42. The van der Waals surface area contributed by atoms with E-state index in [2.05, 4.69) is 9.72 Å². The average molecular weight is 520 g/mol. The molecule has 2 unspecified atom stereocenters. The van der Waals surface area contributed by atoms with Gasteiger partial charge in [0.25, 0.3) is 0 Å². The van der Waals surface area contributed by atoms with E-state index in [4.69, 9.17) is 16.7 Å². The molecule has 1 aromatic heterocycles. The molecule has 0 spiro atoms. The van der Waals surface area contributed by atoms with Gasteiger partial charge in [-0.3, -0.25) is 4.98 Å². The molecule has 0 bridgehead atoms. The molecule has 0 saturated heterocycles. The summed E-state index contributed by atoms with van der Waals surface area (Å²) in [6.07, 6.45) is -5.78. The van der Waals surface area contributed by atoms with Crippen LogP contribution in [-0.2, 0) is 5.60 Å². The first kappa shape index (κ1) is 25.4. The number of hydrogen-bond acceptors (Lipinski definition) is 4. The number of hydrogen-bond donors (Lipinski definition) is 2. The van der Waals surface area contributed by atoms with Gasteiger partial charge in [-0.25, -0.2) is 9.18 Å². The first-order valence-corrected chi connectivity index (χ1v) is 10.9. The van der Waals surface area contributed by atoms with Crippen molar-refractivity contribution < 1.29 is 37.3 Å². The van der Waals surface area contributed by atoms with E-state index < -0.39 is 41.0 Å². The first-order chi connectivity index (χ1) is 16.9. The highest BCUT2D eigenvalue weighted by Crippen LogP contribution is 2.50. The molecule has 1 heterocycles. The van der Waals surface area contributed by atoms with Crippen LogP contribution in [-0.4, -0.2) is 27.5 Å². The van der Waals surface area contributed by atoms with Crippen molar-refractivity contribution in [2.24, 2.45) is 0 Å². The number of halogens is 5. The van der Waals surface area contributed by atoms with Gasteiger partial charge < -0.3 is 14.9 Å². The molecule has 0 aliphatic carbocycles. The van der Waals surface area contributed by atoms with Crippen molar-refractivity contribution in [2.75, 3.05) is 0 Å². The van der Waals surface area contributed by atoms with E-state index in [0.29, 0.717) is 22.0 Å². The van der Waals surface area contributed by atoms with Crippen molar-refractivity contribution in [1.29, 1.82) is 0 Å². The second-order valence-electron chi connectivity index (χ2n) is 8.15. The number of carboxylic acid groups (broad SMARTS) is 1. The summed E-state index contributed by atoms with van der Waals surface area (Å²) in [5, 5.41) is 20.2. The van der Waals surface area contributed by atoms with Crippen LogP contribution in [0.15, 0.2) is 72.9 Å². The fourth-order valence-electron chi connectivity index (χ4n) is 4.08. The van der Waals surface area contributed by atoms with Gasteiger partial charge in [0, 0.05) is 28.1 Å². The normalized spacial score (nSPS) is 14.3. The van der Waals surface area contributed by atoms with Gasteiger partial charge in [-0.15, -0.1) is 0 Å². The highest BCUT2D eigenvalue weighted by molar-refractivity contribution is 6.31. The molecular weight excluding hydrogens is 502 g/mol. The summed E-state index contributed by atoms with van der Waals surface area (Å²) in [5.41, 5.74) is -2.57. The lowest BCUT2D eigenvalue weighted by Crippen LogP contribution is -2.46. The van der Waals surface area contributed by atoms with E-state index in [1.807, 2.05) is 0 Å². The maximum absolute atomic E-state index is 14.4. The Morgan fingerprint density at radius 2 is 1.69 bits per heavy atom. The fraction of sp³-hybridized carbons (Fsp3) is 0.154. The third kappa shape index (κ3) is 4.59. The summed E-state index contributed by atoms with van der Waals surface area (Å²) in [7, 11) is 0. The van der Waals surface area contributed by atoms with Crippen LogP contribution in [0.3, 0.4) is 0 Å². The molecule has 0 fully saturated rings. The zero-order valence-corrected chi connectivity index (χ0v) is 19.3. The molecule has 0 radical (unpaired) electrons. The third-order valence-corrected chi connectivity index (χ3v) is 6.35. The Morgan fingerprint density at radius 3 is 2.36 bits per heavy atom. The monoisotopic (exact) mass is 519 g/mol. The molecular formula is C26H18ClF4NO4. The first-order valence-electron chi connectivity index (χ1n) is 10.6. The molecule has 36 heavy (non-hydrogen) atoms. The largest absolute Gasteiger partial charge is 0.511 e. The van der Waals surface area contributed by atoms with Crippen molar-refractivity contribution in [3.63, 3.8) is 0 Å². The van der Waals surface area contributed by atoms with Gasteiger partial charge in [0.15, 0.2) is 17.2 Å². The standard InChI is InChI=1S/C26H18ClF4NO4/c1-14(25(35,26(29,30)31)18-10-17-4-2-3-5-22(17)32-13-18)19-8-6-15(11-20(19)27)16-7-9-21(28)23(12-16)36-24(33)34/h2-14,35H,1H3,(H,33,34). The maximum Gasteiger partial charge on any atom is 0.511 e. The minimum absolute atomic E-state index is 0.0116. The maximum atomic E-state index is 14.4. The zero-order chi connectivity index (χ0) is 26.3. The molecule has 5 nitrogen and oxygen atoms in total. The van der Waals surface area contributed by atoms with Gasteiger partial charge in [0.05, 0.1) is 5.52 Å². The number of fused-ring (bicyclic) bond motifs is 1. The lowest BCUT2D eigenvalue weighted by atomic mass is 9.77.